The van der Waals surface area contributed by atoms with Gasteiger partial charge in [-0.05, 0) is 34.0 Å². The minimum atomic E-state index is -0.424. The molecule has 0 aliphatic carbocycles. The second-order valence-corrected chi connectivity index (χ2v) is 4.72. The maximum Gasteiger partial charge on any atom is 0.356 e. The van der Waals surface area contributed by atoms with Crippen molar-refractivity contribution in [1.29, 1.82) is 0 Å². The molecule has 1 aromatic carbocycles. The Morgan fingerprint density at radius 1 is 1.44 bits per heavy atom. The van der Waals surface area contributed by atoms with E-state index in [9.17, 15) is 4.79 Å². The van der Waals surface area contributed by atoms with Crippen LogP contribution in [-0.4, -0.2) is 14.5 Å². The average Bonchev–Trinajstić information content (AvgIpc) is 2.31. The fraction of sp³-hybridized carbons (Fsp3) is 0.250. The summed E-state index contributed by atoms with van der Waals surface area (Å²) in [6.07, 6.45) is 3.28. The van der Waals surface area contributed by atoms with Crippen LogP contribution in [0.4, 0.5) is 5.95 Å². The summed E-state index contributed by atoms with van der Waals surface area (Å²) in [6.45, 7) is 2.09. The summed E-state index contributed by atoms with van der Waals surface area (Å²) in [5, 5.41) is 0. The fourth-order valence-corrected chi connectivity index (χ4v) is 2.40. The highest BCUT2D eigenvalue weighted by Crippen LogP contribution is 2.24. The summed E-state index contributed by atoms with van der Waals surface area (Å²) in [5.41, 5.74) is 6.82. The molecule has 0 aliphatic heterocycles. The van der Waals surface area contributed by atoms with Gasteiger partial charge in [-0.2, -0.15) is 4.98 Å². The normalized spacial score (nSPS) is 10.6. The number of aromatic nitrogens is 3. The van der Waals surface area contributed by atoms with Gasteiger partial charge in [0.25, 0.3) is 0 Å². The van der Waals surface area contributed by atoms with Crippen molar-refractivity contribution in [3.63, 3.8) is 0 Å². The lowest BCUT2D eigenvalue weighted by Gasteiger charge is -2.12. The number of rotatable bonds is 3. The SMILES string of the molecule is CCCc1cccc(Br)c1-n1cnc(N)nc1=O. The Kier molecular flexibility index (Phi) is 3.76. The van der Waals surface area contributed by atoms with E-state index in [0.29, 0.717) is 0 Å². The molecule has 0 fully saturated rings. The van der Waals surface area contributed by atoms with Gasteiger partial charge < -0.3 is 5.73 Å². The van der Waals surface area contributed by atoms with E-state index in [1.807, 2.05) is 18.2 Å². The lowest BCUT2D eigenvalue weighted by molar-refractivity contribution is 0.833. The van der Waals surface area contributed by atoms with Crippen LogP contribution in [0, 0.1) is 0 Å². The van der Waals surface area contributed by atoms with Gasteiger partial charge in [0.05, 0.1) is 5.69 Å². The van der Waals surface area contributed by atoms with Crippen LogP contribution in [0.3, 0.4) is 0 Å². The molecule has 0 aliphatic rings. The Morgan fingerprint density at radius 3 is 2.89 bits per heavy atom. The molecule has 0 radical (unpaired) electrons. The summed E-state index contributed by atoms with van der Waals surface area (Å²) in [6, 6.07) is 5.82. The van der Waals surface area contributed by atoms with Crippen molar-refractivity contribution >= 4 is 21.9 Å². The first-order valence-corrected chi connectivity index (χ1v) is 6.41. The van der Waals surface area contributed by atoms with Crippen molar-refractivity contribution in [2.24, 2.45) is 0 Å². The molecule has 2 N–H and O–H groups in total. The van der Waals surface area contributed by atoms with E-state index in [1.165, 1.54) is 10.9 Å². The molecular weight excluding hydrogens is 296 g/mol. The molecule has 5 nitrogen and oxygen atoms in total. The topological polar surface area (TPSA) is 73.8 Å². The van der Waals surface area contributed by atoms with Gasteiger partial charge in [-0.15, -0.1) is 0 Å². The maximum atomic E-state index is 11.9. The van der Waals surface area contributed by atoms with Crippen LogP contribution >= 0.6 is 15.9 Å². The van der Waals surface area contributed by atoms with Crippen LogP contribution in [0.25, 0.3) is 5.69 Å². The number of nitrogens with two attached hydrogens (primary N) is 1. The fourth-order valence-electron chi connectivity index (χ4n) is 1.80. The number of hydrogen-bond donors (Lipinski definition) is 1. The third-order valence-corrected chi connectivity index (χ3v) is 3.19. The summed E-state index contributed by atoms with van der Waals surface area (Å²) in [7, 11) is 0. The minimum Gasteiger partial charge on any atom is -0.368 e. The number of benzene rings is 1. The van der Waals surface area contributed by atoms with Crippen LogP contribution in [0.2, 0.25) is 0 Å². The maximum absolute atomic E-state index is 11.9. The van der Waals surface area contributed by atoms with Crippen LogP contribution in [0.15, 0.2) is 33.8 Å². The van der Waals surface area contributed by atoms with Gasteiger partial charge in [0.15, 0.2) is 0 Å². The van der Waals surface area contributed by atoms with Gasteiger partial charge in [-0.3, -0.25) is 0 Å². The van der Waals surface area contributed by atoms with Crippen LogP contribution < -0.4 is 11.4 Å². The minimum absolute atomic E-state index is 0.0136. The van der Waals surface area contributed by atoms with Gasteiger partial charge >= 0.3 is 5.69 Å². The van der Waals surface area contributed by atoms with Crippen LogP contribution in [0.1, 0.15) is 18.9 Å². The number of nitrogen functional groups attached to an aromatic ring is 1. The van der Waals surface area contributed by atoms with E-state index in [0.717, 1.165) is 28.6 Å². The molecule has 18 heavy (non-hydrogen) atoms. The van der Waals surface area contributed by atoms with Crippen LogP contribution in [-0.2, 0) is 6.42 Å². The highest BCUT2D eigenvalue weighted by molar-refractivity contribution is 9.10. The van der Waals surface area contributed by atoms with Gasteiger partial charge in [-0.25, -0.2) is 14.3 Å². The number of aryl methyl sites for hydroxylation is 1. The number of hydrogen-bond acceptors (Lipinski definition) is 4. The van der Waals surface area contributed by atoms with Crippen LogP contribution in [0.5, 0.6) is 0 Å². The largest absolute Gasteiger partial charge is 0.368 e. The van der Waals surface area contributed by atoms with Crippen molar-refractivity contribution in [3.8, 4) is 5.69 Å². The van der Waals surface area contributed by atoms with Crippen molar-refractivity contribution in [2.45, 2.75) is 19.8 Å². The Bertz CT molecular complexity index is 624. The summed E-state index contributed by atoms with van der Waals surface area (Å²) < 4.78 is 2.25. The Labute approximate surface area is 113 Å². The number of halogens is 1. The van der Waals surface area contributed by atoms with Crippen molar-refractivity contribution in [3.05, 3.63) is 45.0 Å². The molecular formula is C12H13BrN4O. The van der Waals surface area contributed by atoms with Gasteiger partial charge in [0.2, 0.25) is 5.95 Å². The zero-order valence-electron chi connectivity index (χ0n) is 9.93. The summed E-state index contributed by atoms with van der Waals surface area (Å²) >= 11 is 3.46. The molecule has 6 heteroatoms. The first-order chi connectivity index (χ1) is 8.63. The van der Waals surface area contributed by atoms with E-state index < -0.39 is 5.69 Å². The number of anilines is 1. The Balaban J connectivity index is 2.66. The molecule has 0 atom stereocenters. The van der Waals surface area contributed by atoms with Crippen molar-refractivity contribution in [2.75, 3.05) is 5.73 Å². The lowest BCUT2D eigenvalue weighted by Crippen LogP contribution is -2.24. The monoisotopic (exact) mass is 308 g/mol. The van der Waals surface area contributed by atoms with E-state index in [2.05, 4.69) is 32.8 Å². The predicted octanol–water partition coefficient (Wildman–Crippen LogP) is 1.92. The molecule has 0 spiro atoms. The average molecular weight is 309 g/mol. The zero-order valence-corrected chi connectivity index (χ0v) is 11.5. The van der Waals surface area contributed by atoms with E-state index in [4.69, 9.17) is 5.73 Å². The molecule has 1 aromatic heterocycles. The van der Waals surface area contributed by atoms with Gasteiger partial charge in [-0.1, -0.05) is 25.5 Å². The van der Waals surface area contributed by atoms with Crippen molar-refractivity contribution in [1.82, 2.24) is 14.5 Å². The molecule has 94 valence electrons. The number of para-hydroxylation sites is 1. The third kappa shape index (κ3) is 2.43. The molecule has 0 unspecified atom stereocenters. The summed E-state index contributed by atoms with van der Waals surface area (Å²) in [4.78, 5) is 19.4. The zero-order chi connectivity index (χ0) is 13.1. The summed E-state index contributed by atoms with van der Waals surface area (Å²) in [5.74, 6) is -0.0136. The highest BCUT2D eigenvalue weighted by atomic mass is 79.9. The smallest absolute Gasteiger partial charge is 0.356 e. The molecule has 0 bridgehead atoms. The first-order valence-electron chi connectivity index (χ1n) is 5.62. The van der Waals surface area contributed by atoms with Gasteiger partial charge in [0.1, 0.15) is 6.33 Å². The Hall–Kier alpha value is -1.69. The standard InChI is InChI=1S/C12H13BrN4O/c1-2-4-8-5-3-6-9(13)10(8)17-7-15-11(14)16-12(17)18/h3,5-7H,2,4H2,1H3,(H2,14,16,18). The molecule has 1 heterocycles. The second kappa shape index (κ2) is 5.30. The van der Waals surface area contributed by atoms with E-state index in [-0.39, 0.29) is 5.95 Å². The van der Waals surface area contributed by atoms with E-state index >= 15 is 0 Å². The predicted molar refractivity (Wildman–Crippen MR) is 73.7 cm³/mol. The first kappa shape index (κ1) is 12.8. The lowest BCUT2D eigenvalue weighted by atomic mass is 10.1. The second-order valence-electron chi connectivity index (χ2n) is 3.86. The molecule has 0 amide bonds. The quantitative estimate of drug-likeness (QED) is 0.940. The highest BCUT2D eigenvalue weighted by Gasteiger charge is 2.11. The van der Waals surface area contributed by atoms with E-state index in [1.54, 1.807) is 0 Å². The third-order valence-electron chi connectivity index (χ3n) is 2.55. The molecule has 0 saturated carbocycles. The molecule has 2 rings (SSSR count). The number of nitrogens with zero attached hydrogens (tertiary/aromatic N) is 3. The van der Waals surface area contributed by atoms with Crippen molar-refractivity contribution < 1.29 is 0 Å². The van der Waals surface area contributed by atoms with Gasteiger partial charge in [0, 0.05) is 4.47 Å². The Morgan fingerprint density at radius 2 is 2.22 bits per heavy atom. The molecule has 2 aromatic rings. The molecule has 0 saturated heterocycles.